The van der Waals surface area contributed by atoms with Crippen LogP contribution in [0.1, 0.15) is 10.4 Å². The van der Waals surface area contributed by atoms with Gasteiger partial charge in [0.05, 0.1) is 5.56 Å². The van der Waals surface area contributed by atoms with Gasteiger partial charge in [-0.3, -0.25) is 4.79 Å². The first kappa shape index (κ1) is 13.2. The lowest BCUT2D eigenvalue weighted by Crippen LogP contribution is -2.25. The van der Waals surface area contributed by atoms with Crippen LogP contribution in [0.5, 0.6) is 17.2 Å². The average Bonchev–Trinajstić information content (AvgIpc) is 2.72. The van der Waals surface area contributed by atoms with Crippen molar-refractivity contribution in [3.05, 3.63) is 48.0 Å². The number of rotatable bonds is 2. The maximum atomic E-state index is 12.9. The van der Waals surface area contributed by atoms with Crippen LogP contribution in [-0.4, -0.2) is 17.3 Å². The Hall–Kier alpha value is -2.83. The van der Waals surface area contributed by atoms with Crippen LogP contribution in [-0.2, 0) is 0 Å². The molecule has 3 rings (SSSR count). The lowest BCUT2D eigenvalue weighted by molar-refractivity contribution is -0.286. The van der Waals surface area contributed by atoms with Crippen molar-refractivity contribution in [2.24, 2.45) is 0 Å². The molecular weight excluding hydrogens is 284 g/mol. The number of amides is 1. The van der Waals surface area contributed by atoms with Crippen LogP contribution in [0.2, 0.25) is 0 Å². The molecular formula is C14H9F2NO4. The molecule has 0 saturated carbocycles. The highest BCUT2D eigenvalue weighted by Gasteiger charge is 2.43. The lowest BCUT2D eigenvalue weighted by atomic mass is 10.2. The van der Waals surface area contributed by atoms with E-state index >= 15 is 0 Å². The second kappa shape index (κ2) is 4.62. The number of anilines is 1. The van der Waals surface area contributed by atoms with Gasteiger partial charge in [-0.1, -0.05) is 12.1 Å². The van der Waals surface area contributed by atoms with E-state index in [1.807, 2.05) is 0 Å². The van der Waals surface area contributed by atoms with E-state index in [4.69, 9.17) is 0 Å². The van der Waals surface area contributed by atoms with Crippen molar-refractivity contribution in [3.8, 4) is 17.2 Å². The van der Waals surface area contributed by atoms with Gasteiger partial charge in [0.2, 0.25) is 0 Å². The molecule has 1 aliphatic heterocycles. The number of hydrogen-bond acceptors (Lipinski definition) is 4. The van der Waals surface area contributed by atoms with Crippen LogP contribution >= 0.6 is 0 Å². The van der Waals surface area contributed by atoms with Crippen LogP contribution in [0.25, 0.3) is 0 Å². The van der Waals surface area contributed by atoms with Gasteiger partial charge in [-0.25, -0.2) is 0 Å². The van der Waals surface area contributed by atoms with Crippen molar-refractivity contribution < 1.29 is 28.2 Å². The van der Waals surface area contributed by atoms with Gasteiger partial charge in [-0.05, 0) is 24.3 Å². The summed E-state index contributed by atoms with van der Waals surface area (Å²) in [7, 11) is 0. The lowest BCUT2D eigenvalue weighted by Gasteiger charge is -2.07. The van der Waals surface area contributed by atoms with E-state index in [1.54, 1.807) is 12.1 Å². The number of phenols is 1. The molecule has 7 heteroatoms. The zero-order valence-electron chi connectivity index (χ0n) is 10.5. The summed E-state index contributed by atoms with van der Waals surface area (Å²) in [5, 5.41) is 12.1. The molecule has 21 heavy (non-hydrogen) atoms. The number of phenolic OH excluding ortho intramolecular Hbond substituents is 1. The van der Waals surface area contributed by atoms with E-state index in [2.05, 4.69) is 14.8 Å². The Labute approximate surface area is 117 Å². The molecule has 0 radical (unpaired) electrons. The Balaban J connectivity index is 1.81. The molecule has 2 N–H and O–H groups in total. The number of ether oxygens (including phenoxy) is 2. The highest BCUT2D eigenvalue weighted by molar-refractivity contribution is 6.06. The van der Waals surface area contributed by atoms with Crippen molar-refractivity contribution in [3.63, 3.8) is 0 Å². The van der Waals surface area contributed by atoms with E-state index in [1.165, 1.54) is 30.3 Å². The number of fused-ring (bicyclic) bond motifs is 1. The number of nitrogens with one attached hydrogen (secondary N) is 1. The van der Waals surface area contributed by atoms with E-state index < -0.39 is 12.2 Å². The Morgan fingerprint density at radius 2 is 1.81 bits per heavy atom. The smallest absolute Gasteiger partial charge is 0.507 e. The number of benzene rings is 2. The fourth-order valence-corrected chi connectivity index (χ4v) is 1.89. The molecule has 1 aliphatic rings. The molecule has 0 aliphatic carbocycles. The zero-order chi connectivity index (χ0) is 15.0. The minimum Gasteiger partial charge on any atom is -0.507 e. The van der Waals surface area contributed by atoms with E-state index in [-0.39, 0.29) is 28.5 Å². The highest BCUT2D eigenvalue weighted by atomic mass is 19.3. The monoisotopic (exact) mass is 293 g/mol. The molecule has 0 atom stereocenters. The first-order valence-electron chi connectivity index (χ1n) is 5.94. The standard InChI is InChI=1S/C14H9F2NO4/c15-14(16)20-11-6-5-8(7-12(11)21-14)17-13(19)9-3-1-2-4-10(9)18/h1-7,18H,(H,17,19). The van der Waals surface area contributed by atoms with Crippen molar-refractivity contribution in [1.29, 1.82) is 0 Å². The van der Waals surface area contributed by atoms with Crippen LogP contribution < -0.4 is 14.8 Å². The van der Waals surface area contributed by atoms with Crippen molar-refractivity contribution >= 4 is 11.6 Å². The van der Waals surface area contributed by atoms with Gasteiger partial charge in [-0.15, -0.1) is 8.78 Å². The van der Waals surface area contributed by atoms with E-state index in [0.717, 1.165) is 0 Å². The summed E-state index contributed by atoms with van der Waals surface area (Å²) in [5.74, 6) is -1.03. The van der Waals surface area contributed by atoms with Crippen molar-refractivity contribution in [2.75, 3.05) is 5.32 Å². The molecule has 0 saturated heterocycles. The quantitative estimate of drug-likeness (QED) is 0.893. The van der Waals surface area contributed by atoms with Gasteiger partial charge in [0.15, 0.2) is 11.5 Å². The Morgan fingerprint density at radius 1 is 1.10 bits per heavy atom. The first-order valence-corrected chi connectivity index (χ1v) is 5.94. The third-order valence-corrected chi connectivity index (χ3v) is 2.81. The summed E-state index contributed by atoms with van der Waals surface area (Å²) in [5.41, 5.74) is 0.309. The molecule has 0 unspecified atom stereocenters. The molecule has 108 valence electrons. The van der Waals surface area contributed by atoms with Gasteiger partial charge in [0, 0.05) is 11.8 Å². The topological polar surface area (TPSA) is 67.8 Å². The fourth-order valence-electron chi connectivity index (χ4n) is 1.89. The largest absolute Gasteiger partial charge is 0.586 e. The molecule has 0 aromatic heterocycles. The number of carbonyl (C=O) groups is 1. The maximum absolute atomic E-state index is 12.9. The minimum atomic E-state index is -3.71. The normalized spacial score (nSPS) is 14.8. The number of carbonyl (C=O) groups excluding carboxylic acids is 1. The Morgan fingerprint density at radius 3 is 2.57 bits per heavy atom. The molecule has 5 nitrogen and oxygen atoms in total. The first-order chi connectivity index (χ1) is 9.94. The predicted molar refractivity (Wildman–Crippen MR) is 68.7 cm³/mol. The molecule has 2 aromatic carbocycles. The summed E-state index contributed by atoms with van der Waals surface area (Å²) < 4.78 is 34.3. The Kier molecular flexibility index (Phi) is 2.90. The van der Waals surface area contributed by atoms with Crippen LogP contribution in [0.15, 0.2) is 42.5 Å². The van der Waals surface area contributed by atoms with Crippen LogP contribution in [0.4, 0.5) is 14.5 Å². The third-order valence-electron chi connectivity index (χ3n) is 2.81. The highest BCUT2D eigenvalue weighted by Crippen LogP contribution is 2.42. The number of halogens is 2. The molecule has 1 heterocycles. The molecule has 0 bridgehead atoms. The van der Waals surface area contributed by atoms with Gasteiger partial charge < -0.3 is 19.9 Å². The van der Waals surface area contributed by atoms with E-state index in [0.29, 0.717) is 0 Å². The summed E-state index contributed by atoms with van der Waals surface area (Å²) in [4.78, 5) is 12.0. The van der Waals surface area contributed by atoms with Crippen LogP contribution in [0, 0.1) is 0 Å². The van der Waals surface area contributed by atoms with Gasteiger partial charge in [0.25, 0.3) is 5.91 Å². The molecule has 0 spiro atoms. The summed E-state index contributed by atoms with van der Waals surface area (Å²) in [6.45, 7) is 0. The molecule has 0 fully saturated rings. The van der Waals surface area contributed by atoms with Crippen LogP contribution in [0.3, 0.4) is 0 Å². The summed E-state index contributed by atoms with van der Waals surface area (Å²) >= 11 is 0. The second-order valence-electron chi connectivity index (χ2n) is 4.30. The average molecular weight is 293 g/mol. The van der Waals surface area contributed by atoms with E-state index in [9.17, 15) is 18.7 Å². The number of hydrogen-bond donors (Lipinski definition) is 2. The molecule has 1 amide bonds. The maximum Gasteiger partial charge on any atom is 0.586 e. The predicted octanol–water partition coefficient (Wildman–Crippen LogP) is 2.97. The molecule has 2 aromatic rings. The second-order valence-corrected chi connectivity index (χ2v) is 4.30. The third kappa shape index (κ3) is 2.58. The van der Waals surface area contributed by atoms with Gasteiger partial charge in [0.1, 0.15) is 5.75 Å². The number of alkyl halides is 2. The summed E-state index contributed by atoms with van der Waals surface area (Å²) in [6.07, 6.45) is -3.71. The SMILES string of the molecule is O=C(Nc1ccc2c(c1)OC(F)(F)O2)c1ccccc1O. The van der Waals surface area contributed by atoms with Crippen molar-refractivity contribution in [2.45, 2.75) is 6.29 Å². The fraction of sp³-hybridized carbons (Fsp3) is 0.0714. The number of para-hydroxylation sites is 1. The van der Waals surface area contributed by atoms with Gasteiger partial charge in [-0.2, -0.15) is 0 Å². The zero-order valence-corrected chi connectivity index (χ0v) is 10.5. The minimum absolute atomic E-state index is 0.0699. The Bertz CT molecular complexity index is 718. The number of aromatic hydroxyl groups is 1. The van der Waals surface area contributed by atoms with Gasteiger partial charge >= 0.3 is 6.29 Å². The summed E-state index contributed by atoms with van der Waals surface area (Å²) in [6, 6.07) is 9.84. The van der Waals surface area contributed by atoms with Crippen molar-refractivity contribution in [1.82, 2.24) is 0 Å².